The van der Waals surface area contributed by atoms with Crippen LogP contribution in [0.3, 0.4) is 0 Å². The van der Waals surface area contributed by atoms with Crippen molar-refractivity contribution in [2.75, 3.05) is 7.05 Å². The van der Waals surface area contributed by atoms with Gasteiger partial charge in [0.15, 0.2) is 0 Å². The Hall–Kier alpha value is -1.88. The molecule has 2 heterocycles. The van der Waals surface area contributed by atoms with Gasteiger partial charge >= 0.3 is 0 Å². The molecule has 6 heteroatoms. The number of imidazole rings is 1. The summed E-state index contributed by atoms with van der Waals surface area (Å²) in [5.74, 6) is 0.449. The second-order valence-corrected chi connectivity index (χ2v) is 5.25. The number of hydrogen-bond donors (Lipinski definition) is 0. The van der Waals surface area contributed by atoms with Gasteiger partial charge in [0, 0.05) is 7.05 Å². The van der Waals surface area contributed by atoms with Gasteiger partial charge < -0.3 is 4.57 Å². The number of nitrogens with zero attached hydrogens (tertiary/aromatic N) is 3. The van der Waals surface area contributed by atoms with Crippen molar-refractivity contribution >= 4 is 34.4 Å². The number of benzene rings is 1. The van der Waals surface area contributed by atoms with Crippen molar-refractivity contribution in [3.8, 4) is 0 Å². The number of carbonyl (C=O) groups excluding carboxylic acids is 2. The molecule has 1 aliphatic heterocycles. The van der Waals surface area contributed by atoms with Crippen LogP contribution in [0.5, 0.6) is 0 Å². The highest BCUT2D eigenvalue weighted by Crippen LogP contribution is 2.30. The third-order valence-electron chi connectivity index (χ3n) is 3.78. The van der Waals surface area contributed by atoms with Crippen molar-refractivity contribution in [3.05, 3.63) is 29.6 Å². The maximum absolute atomic E-state index is 12.2. The zero-order valence-electron chi connectivity index (χ0n) is 11.3. The van der Waals surface area contributed by atoms with Crippen LogP contribution < -0.4 is 0 Å². The summed E-state index contributed by atoms with van der Waals surface area (Å²) in [7, 11) is 1.51. The van der Waals surface area contributed by atoms with Crippen LogP contribution in [0.4, 0.5) is 0 Å². The minimum absolute atomic E-state index is 0.165. The largest absolute Gasteiger partial charge is 0.314 e. The van der Waals surface area contributed by atoms with Crippen molar-refractivity contribution in [2.24, 2.45) is 0 Å². The number of imide groups is 1. The summed E-state index contributed by atoms with van der Waals surface area (Å²) in [6.45, 7) is 1.96. The van der Waals surface area contributed by atoms with Crippen LogP contribution in [-0.2, 0) is 15.5 Å². The number of fused-ring (bicyclic) bond motifs is 1. The second-order valence-electron chi connectivity index (χ2n) is 4.99. The molecule has 0 N–H and O–H groups in total. The van der Waals surface area contributed by atoms with E-state index in [4.69, 9.17) is 11.6 Å². The molecule has 0 saturated carbocycles. The lowest BCUT2D eigenvalue weighted by atomic mass is 10.2. The van der Waals surface area contributed by atoms with E-state index in [1.807, 2.05) is 25.1 Å². The van der Waals surface area contributed by atoms with Crippen LogP contribution in [0.25, 0.3) is 11.0 Å². The Morgan fingerprint density at radius 3 is 2.75 bits per heavy atom. The fourth-order valence-corrected chi connectivity index (χ4v) is 2.87. The number of amides is 2. The van der Waals surface area contributed by atoms with E-state index < -0.39 is 6.04 Å². The minimum Gasteiger partial charge on any atom is -0.314 e. The SMILES string of the molecule is Cc1cccc2c1nc(CCl)n2C1CC(=O)N(C)C1=O. The van der Waals surface area contributed by atoms with Crippen LogP contribution >= 0.6 is 11.6 Å². The molecule has 1 fully saturated rings. The predicted molar refractivity (Wildman–Crippen MR) is 75.5 cm³/mol. The molecule has 1 aliphatic rings. The number of likely N-dealkylation sites (N-methyl/N-ethyl adjacent to an activating group) is 1. The number of alkyl halides is 1. The molecule has 5 nitrogen and oxygen atoms in total. The van der Waals surface area contributed by atoms with Crippen molar-refractivity contribution in [1.29, 1.82) is 0 Å². The zero-order chi connectivity index (χ0) is 14.4. The van der Waals surface area contributed by atoms with E-state index in [-0.39, 0.29) is 24.1 Å². The van der Waals surface area contributed by atoms with E-state index in [9.17, 15) is 9.59 Å². The van der Waals surface area contributed by atoms with E-state index in [1.165, 1.54) is 11.9 Å². The first-order valence-electron chi connectivity index (χ1n) is 6.37. The molecule has 1 aromatic carbocycles. The monoisotopic (exact) mass is 291 g/mol. The summed E-state index contributed by atoms with van der Waals surface area (Å²) >= 11 is 5.96. The first-order valence-corrected chi connectivity index (χ1v) is 6.91. The van der Waals surface area contributed by atoms with Gasteiger partial charge in [-0.1, -0.05) is 12.1 Å². The molecular weight excluding hydrogens is 278 g/mol. The maximum atomic E-state index is 12.2. The van der Waals surface area contributed by atoms with Crippen LogP contribution in [0, 0.1) is 6.92 Å². The van der Waals surface area contributed by atoms with Crippen molar-refractivity contribution in [2.45, 2.75) is 25.3 Å². The Kier molecular flexibility index (Phi) is 3.01. The third kappa shape index (κ3) is 1.73. The van der Waals surface area contributed by atoms with Crippen LogP contribution in [0.15, 0.2) is 18.2 Å². The Morgan fingerprint density at radius 2 is 2.15 bits per heavy atom. The number of likely N-dealkylation sites (tertiary alicyclic amines) is 1. The predicted octanol–water partition coefficient (Wildman–Crippen LogP) is 2.01. The fourth-order valence-electron chi connectivity index (χ4n) is 2.69. The first kappa shape index (κ1) is 13.1. The van der Waals surface area contributed by atoms with E-state index in [0.717, 1.165) is 16.6 Å². The van der Waals surface area contributed by atoms with Crippen molar-refractivity contribution in [3.63, 3.8) is 0 Å². The molecule has 0 spiro atoms. The highest BCUT2D eigenvalue weighted by atomic mass is 35.5. The van der Waals surface area contributed by atoms with Gasteiger partial charge in [0.25, 0.3) is 5.91 Å². The molecule has 0 aliphatic carbocycles. The molecular formula is C14H14ClN3O2. The van der Waals surface area contributed by atoms with Crippen LogP contribution in [0.2, 0.25) is 0 Å². The Balaban J connectivity index is 2.23. The summed E-state index contributed by atoms with van der Waals surface area (Å²) in [5, 5.41) is 0. The average Bonchev–Trinajstić information content (AvgIpc) is 2.93. The number of rotatable bonds is 2. The third-order valence-corrected chi connectivity index (χ3v) is 4.02. The lowest BCUT2D eigenvalue weighted by molar-refractivity contribution is -0.137. The second kappa shape index (κ2) is 4.59. The van der Waals surface area contributed by atoms with Crippen molar-refractivity contribution in [1.82, 2.24) is 14.5 Å². The van der Waals surface area contributed by atoms with Gasteiger partial charge in [-0.15, -0.1) is 11.6 Å². The van der Waals surface area contributed by atoms with Gasteiger partial charge in [-0.05, 0) is 18.6 Å². The highest BCUT2D eigenvalue weighted by molar-refractivity contribution is 6.17. The topological polar surface area (TPSA) is 55.2 Å². The Bertz CT molecular complexity index is 723. The van der Waals surface area contributed by atoms with E-state index in [0.29, 0.717) is 5.82 Å². The minimum atomic E-state index is -0.534. The van der Waals surface area contributed by atoms with Gasteiger partial charge in [0.1, 0.15) is 11.9 Å². The number of para-hydroxylation sites is 1. The summed E-state index contributed by atoms with van der Waals surface area (Å²) in [6.07, 6.45) is 0.165. The van der Waals surface area contributed by atoms with Gasteiger partial charge in [0.05, 0.1) is 23.3 Å². The Labute approximate surface area is 121 Å². The summed E-state index contributed by atoms with van der Waals surface area (Å²) in [4.78, 5) is 29.6. The Morgan fingerprint density at radius 1 is 1.40 bits per heavy atom. The van der Waals surface area contributed by atoms with Gasteiger partial charge in [0.2, 0.25) is 5.91 Å². The molecule has 1 atom stereocenters. The standard InChI is InChI=1S/C14H14ClN3O2/c1-8-4-3-5-9-13(8)16-11(7-15)18(9)10-6-12(19)17(2)14(10)20/h3-5,10H,6-7H2,1-2H3. The molecule has 3 rings (SSSR count). The molecule has 1 saturated heterocycles. The molecule has 0 radical (unpaired) electrons. The number of hydrogen-bond acceptors (Lipinski definition) is 3. The highest BCUT2D eigenvalue weighted by Gasteiger charge is 2.39. The first-order chi connectivity index (χ1) is 9.54. The van der Waals surface area contributed by atoms with Gasteiger partial charge in [-0.2, -0.15) is 0 Å². The van der Waals surface area contributed by atoms with E-state index in [1.54, 1.807) is 4.57 Å². The van der Waals surface area contributed by atoms with Crippen LogP contribution in [0.1, 0.15) is 23.9 Å². The molecule has 104 valence electrons. The number of halogens is 1. The molecule has 1 aromatic heterocycles. The summed E-state index contributed by atoms with van der Waals surface area (Å²) < 4.78 is 1.80. The molecule has 1 unspecified atom stereocenters. The number of carbonyl (C=O) groups is 2. The van der Waals surface area contributed by atoms with Gasteiger partial charge in [-0.25, -0.2) is 4.98 Å². The normalized spacial score (nSPS) is 19.4. The molecule has 2 aromatic rings. The van der Waals surface area contributed by atoms with Crippen molar-refractivity contribution < 1.29 is 9.59 Å². The summed E-state index contributed by atoms with van der Waals surface area (Å²) in [6, 6.07) is 5.25. The lowest BCUT2D eigenvalue weighted by Crippen LogP contribution is -2.27. The number of aryl methyl sites for hydroxylation is 1. The molecule has 20 heavy (non-hydrogen) atoms. The van der Waals surface area contributed by atoms with E-state index >= 15 is 0 Å². The quantitative estimate of drug-likeness (QED) is 0.628. The fraction of sp³-hybridized carbons (Fsp3) is 0.357. The van der Waals surface area contributed by atoms with E-state index in [2.05, 4.69) is 4.98 Å². The number of aromatic nitrogens is 2. The summed E-state index contributed by atoms with van der Waals surface area (Å²) in [5.41, 5.74) is 2.71. The lowest BCUT2D eigenvalue weighted by Gasteiger charge is -2.14. The smallest absolute Gasteiger partial charge is 0.252 e. The van der Waals surface area contributed by atoms with Crippen LogP contribution in [-0.4, -0.2) is 33.3 Å². The maximum Gasteiger partial charge on any atom is 0.252 e. The zero-order valence-corrected chi connectivity index (χ0v) is 12.0. The van der Waals surface area contributed by atoms with Gasteiger partial charge in [-0.3, -0.25) is 14.5 Å². The molecule has 0 bridgehead atoms. The molecule has 2 amide bonds. The average molecular weight is 292 g/mol.